The molecule has 0 saturated carbocycles. The molecule has 37 heavy (non-hydrogen) atoms. The van der Waals surface area contributed by atoms with Crippen LogP contribution in [0.15, 0.2) is 72.8 Å². The van der Waals surface area contributed by atoms with Crippen LogP contribution in [0.2, 0.25) is 0 Å². The fraction of sp³-hybridized carbons (Fsp3) is 0.323. The highest BCUT2D eigenvalue weighted by Crippen LogP contribution is 2.34. The van der Waals surface area contributed by atoms with Crippen molar-refractivity contribution in [2.75, 3.05) is 13.1 Å². The number of benzene rings is 3. The first-order valence-electron chi connectivity index (χ1n) is 13.2. The average Bonchev–Trinajstić information content (AvgIpc) is 3.25. The number of hydrogen-bond acceptors (Lipinski definition) is 4. The maximum absolute atomic E-state index is 13.0. The molecule has 6 heteroatoms. The van der Waals surface area contributed by atoms with Crippen LogP contribution < -0.4 is 5.32 Å². The summed E-state index contributed by atoms with van der Waals surface area (Å²) in [6, 6.07) is 25.0. The minimum atomic E-state index is -0.564. The summed E-state index contributed by atoms with van der Waals surface area (Å²) in [5.41, 5.74) is 6.78. The maximum Gasteiger partial charge on any atom is 0.255 e. The zero-order chi connectivity index (χ0) is 25.4. The van der Waals surface area contributed by atoms with Crippen LogP contribution in [0.25, 0.3) is 11.1 Å². The Labute approximate surface area is 217 Å². The van der Waals surface area contributed by atoms with Crippen LogP contribution in [0.1, 0.15) is 58.6 Å². The minimum Gasteiger partial charge on any atom is -0.322 e. The van der Waals surface area contributed by atoms with Crippen molar-refractivity contribution in [2.24, 2.45) is 0 Å². The molecule has 1 unspecified atom stereocenters. The zero-order valence-electron chi connectivity index (χ0n) is 20.9. The molecular weight excluding hydrogens is 462 g/mol. The molecule has 1 N–H and O–H groups in total. The van der Waals surface area contributed by atoms with Crippen LogP contribution in [-0.2, 0) is 22.7 Å². The van der Waals surface area contributed by atoms with Gasteiger partial charge in [-0.05, 0) is 72.2 Å². The van der Waals surface area contributed by atoms with Gasteiger partial charge in [-0.25, -0.2) is 0 Å². The Hall–Kier alpha value is -3.77. The molecule has 3 aromatic rings. The van der Waals surface area contributed by atoms with Gasteiger partial charge < -0.3 is 4.90 Å². The number of fused-ring (bicyclic) bond motifs is 1. The highest BCUT2D eigenvalue weighted by Gasteiger charge is 2.39. The normalized spacial score (nSPS) is 20.7. The maximum atomic E-state index is 13.0. The van der Waals surface area contributed by atoms with Gasteiger partial charge in [0.1, 0.15) is 6.04 Å². The van der Waals surface area contributed by atoms with Crippen LogP contribution >= 0.6 is 0 Å². The number of carbonyl (C=O) groups is 3. The Morgan fingerprint density at radius 1 is 0.811 bits per heavy atom. The molecule has 0 aliphatic carbocycles. The van der Waals surface area contributed by atoms with Crippen molar-refractivity contribution in [3.63, 3.8) is 0 Å². The molecule has 0 radical (unpaired) electrons. The van der Waals surface area contributed by atoms with Gasteiger partial charge in [-0.1, -0.05) is 66.7 Å². The van der Waals surface area contributed by atoms with Gasteiger partial charge in [0.15, 0.2) is 0 Å². The van der Waals surface area contributed by atoms with Gasteiger partial charge >= 0.3 is 0 Å². The molecule has 1 atom stereocenters. The van der Waals surface area contributed by atoms with Crippen LogP contribution in [0.3, 0.4) is 0 Å². The number of nitrogens with zero attached hydrogens (tertiary/aromatic N) is 2. The first-order valence-corrected chi connectivity index (χ1v) is 13.2. The Bertz CT molecular complexity index is 1330. The quantitative estimate of drug-likeness (QED) is 0.532. The number of piperidine rings is 2. The van der Waals surface area contributed by atoms with Crippen molar-refractivity contribution in [1.82, 2.24) is 15.1 Å². The van der Waals surface area contributed by atoms with Crippen molar-refractivity contribution in [1.29, 1.82) is 0 Å². The Balaban J connectivity index is 1.06. The Kier molecular flexibility index (Phi) is 6.35. The monoisotopic (exact) mass is 493 g/mol. The lowest BCUT2D eigenvalue weighted by molar-refractivity contribution is -0.136. The molecule has 0 aromatic heterocycles. The number of nitrogens with one attached hydrogen (secondary N) is 1. The topological polar surface area (TPSA) is 69.7 Å². The van der Waals surface area contributed by atoms with Crippen LogP contribution in [-0.4, -0.2) is 46.7 Å². The summed E-state index contributed by atoms with van der Waals surface area (Å²) < 4.78 is 0. The summed E-state index contributed by atoms with van der Waals surface area (Å²) in [4.78, 5) is 41.0. The third kappa shape index (κ3) is 4.81. The lowest BCUT2D eigenvalue weighted by atomic mass is 9.87. The van der Waals surface area contributed by atoms with E-state index in [9.17, 15) is 14.4 Å². The highest BCUT2D eigenvalue weighted by molar-refractivity contribution is 6.05. The van der Waals surface area contributed by atoms with Crippen molar-refractivity contribution in [3.05, 3.63) is 95.1 Å². The molecule has 6 rings (SSSR count). The van der Waals surface area contributed by atoms with Gasteiger partial charge in [0.2, 0.25) is 11.8 Å². The fourth-order valence-electron chi connectivity index (χ4n) is 5.96. The number of likely N-dealkylation sites (tertiary alicyclic amines) is 1. The van der Waals surface area contributed by atoms with E-state index in [0.717, 1.165) is 38.0 Å². The number of imide groups is 1. The molecule has 188 valence electrons. The lowest BCUT2D eigenvalue weighted by Gasteiger charge is -2.32. The highest BCUT2D eigenvalue weighted by atomic mass is 16.2. The SMILES string of the molecule is O=C1CCC(N2Cc3cc(C4CCN(Cc5ccc(-c6ccccc6)cc5)CC4)ccc3C2=O)C(=O)N1. The molecule has 3 amide bonds. The van der Waals surface area contributed by atoms with E-state index in [1.165, 1.54) is 22.3 Å². The molecular formula is C31H31N3O3. The minimum absolute atomic E-state index is 0.107. The van der Waals surface area contributed by atoms with Gasteiger partial charge in [0.05, 0.1) is 0 Å². The first-order chi connectivity index (χ1) is 18.0. The molecule has 3 aliphatic heterocycles. The summed E-state index contributed by atoms with van der Waals surface area (Å²) in [6.45, 7) is 3.49. The molecule has 3 aromatic carbocycles. The van der Waals surface area contributed by atoms with Crippen LogP contribution in [0.5, 0.6) is 0 Å². The third-order valence-electron chi connectivity index (χ3n) is 8.07. The van der Waals surface area contributed by atoms with Crippen molar-refractivity contribution in [2.45, 2.75) is 50.7 Å². The molecule has 0 spiro atoms. The molecule has 3 heterocycles. The van der Waals surface area contributed by atoms with Crippen LogP contribution in [0.4, 0.5) is 0 Å². The second-order valence-electron chi connectivity index (χ2n) is 10.4. The van der Waals surface area contributed by atoms with Gasteiger partial charge in [0.25, 0.3) is 5.91 Å². The van der Waals surface area contributed by atoms with E-state index in [2.05, 4.69) is 70.9 Å². The summed E-state index contributed by atoms with van der Waals surface area (Å²) >= 11 is 0. The predicted molar refractivity (Wildman–Crippen MR) is 142 cm³/mol. The summed E-state index contributed by atoms with van der Waals surface area (Å²) in [5.74, 6) is -0.256. The summed E-state index contributed by atoms with van der Waals surface area (Å²) in [6.07, 6.45) is 2.85. The first kappa shape index (κ1) is 23.6. The molecule has 2 saturated heterocycles. The number of amides is 3. The molecule has 2 fully saturated rings. The van der Waals surface area contributed by atoms with E-state index >= 15 is 0 Å². The zero-order valence-corrected chi connectivity index (χ0v) is 20.9. The van der Waals surface area contributed by atoms with E-state index in [1.54, 1.807) is 4.90 Å². The number of hydrogen-bond donors (Lipinski definition) is 1. The van der Waals surface area contributed by atoms with E-state index in [1.807, 2.05) is 12.1 Å². The van der Waals surface area contributed by atoms with Gasteiger partial charge in [-0.3, -0.25) is 24.6 Å². The fourth-order valence-corrected chi connectivity index (χ4v) is 5.96. The Morgan fingerprint density at radius 2 is 1.54 bits per heavy atom. The second-order valence-corrected chi connectivity index (χ2v) is 10.4. The molecule has 6 nitrogen and oxygen atoms in total. The predicted octanol–water partition coefficient (Wildman–Crippen LogP) is 4.49. The van der Waals surface area contributed by atoms with E-state index < -0.39 is 6.04 Å². The molecule has 0 bridgehead atoms. The number of rotatable bonds is 5. The van der Waals surface area contributed by atoms with Crippen LogP contribution in [0, 0.1) is 0 Å². The lowest BCUT2D eigenvalue weighted by Crippen LogP contribution is -2.52. The van der Waals surface area contributed by atoms with Crippen molar-refractivity contribution >= 4 is 17.7 Å². The van der Waals surface area contributed by atoms with Gasteiger partial charge in [0, 0.05) is 25.1 Å². The van der Waals surface area contributed by atoms with Crippen molar-refractivity contribution < 1.29 is 14.4 Å². The standard InChI is InChI=1S/C31H31N3O3/c35-29-13-12-28(30(36)32-29)34-20-26-18-25(10-11-27(26)31(34)37)24-14-16-33(17-15-24)19-21-6-8-23(9-7-21)22-4-2-1-3-5-22/h1-11,18,24,28H,12-17,19-20H2,(H,32,35,36). The largest absolute Gasteiger partial charge is 0.322 e. The third-order valence-corrected chi connectivity index (χ3v) is 8.07. The molecule has 3 aliphatic rings. The summed E-state index contributed by atoms with van der Waals surface area (Å²) in [5, 5.41) is 2.37. The summed E-state index contributed by atoms with van der Waals surface area (Å²) in [7, 11) is 0. The number of carbonyl (C=O) groups excluding carboxylic acids is 3. The average molecular weight is 494 g/mol. The van der Waals surface area contributed by atoms with E-state index in [-0.39, 0.29) is 24.1 Å². The smallest absolute Gasteiger partial charge is 0.255 e. The Morgan fingerprint density at radius 3 is 2.27 bits per heavy atom. The second kappa shape index (κ2) is 9.94. The van der Waals surface area contributed by atoms with Gasteiger partial charge in [-0.15, -0.1) is 0 Å². The van der Waals surface area contributed by atoms with Crippen molar-refractivity contribution in [3.8, 4) is 11.1 Å². The van der Waals surface area contributed by atoms with E-state index in [0.29, 0.717) is 24.4 Å². The van der Waals surface area contributed by atoms with E-state index in [4.69, 9.17) is 0 Å². The van der Waals surface area contributed by atoms with Gasteiger partial charge in [-0.2, -0.15) is 0 Å².